The summed E-state index contributed by atoms with van der Waals surface area (Å²) in [6.45, 7) is -0.267. The van der Waals surface area contributed by atoms with E-state index in [0.717, 1.165) is 18.2 Å². The Morgan fingerprint density at radius 1 is 0.950 bits per heavy atom. The summed E-state index contributed by atoms with van der Waals surface area (Å²) in [5.41, 5.74) is -0.104. The quantitative estimate of drug-likeness (QED) is 0.903. The molecule has 0 unspecified atom stereocenters. The third kappa shape index (κ3) is 3.50. The second-order valence-electron chi connectivity index (χ2n) is 4.01. The molecule has 0 atom stereocenters. The monoisotopic (exact) mass is 280 g/mol. The Bertz CT molecular complexity index is 632. The van der Waals surface area contributed by atoms with E-state index in [2.05, 4.69) is 10.6 Å². The molecule has 0 fully saturated rings. The molecule has 0 saturated heterocycles. The van der Waals surface area contributed by atoms with Gasteiger partial charge in [-0.3, -0.25) is 4.79 Å². The van der Waals surface area contributed by atoms with Crippen LogP contribution in [0.5, 0.6) is 0 Å². The Morgan fingerprint density at radius 2 is 1.65 bits per heavy atom. The molecule has 104 valence electrons. The Morgan fingerprint density at radius 3 is 2.40 bits per heavy atom. The van der Waals surface area contributed by atoms with Crippen LogP contribution in [0.4, 0.5) is 24.5 Å². The molecule has 0 spiro atoms. The fourth-order valence-electron chi connectivity index (χ4n) is 1.57. The molecule has 2 aromatic rings. The van der Waals surface area contributed by atoms with Gasteiger partial charge in [0, 0.05) is 6.07 Å². The minimum absolute atomic E-state index is 0.155. The first-order chi connectivity index (χ1) is 9.56. The van der Waals surface area contributed by atoms with Gasteiger partial charge in [-0.1, -0.05) is 12.1 Å². The van der Waals surface area contributed by atoms with E-state index in [1.54, 1.807) is 6.07 Å². The van der Waals surface area contributed by atoms with E-state index in [1.807, 2.05) is 0 Å². The van der Waals surface area contributed by atoms with E-state index in [0.29, 0.717) is 0 Å². The van der Waals surface area contributed by atoms with Crippen LogP contribution in [0.1, 0.15) is 0 Å². The number of nitrogens with one attached hydrogen (secondary N) is 2. The summed E-state index contributed by atoms with van der Waals surface area (Å²) in [5, 5.41) is 4.77. The van der Waals surface area contributed by atoms with E-state index >= 15 is 0 Å². The lowest BCUT2D eigenvalue weighted by atomic mass is 10.3. The number of hydrogen-bond donors (Lipinski definition) is 2. The molecule has 0 radical (unpaired) electrons. The van der Waals surface area contributed by atoms with Gasteiger partial charge in [0.05, 0.1) is 17.9 Å². The van der Waals surface area contributed by atoms with Crippen molar-refractivity contribution in [3.8, 4) is 0 Å². The molecule has 2 aromatic carbocycles. The lowest BCUT2D eigenvalue weighted by molar-refractivity contribution is -0.114. The molecule has 0 aliphatic rings. The van der Waals surface area contributed by atoms with E-state index in [-0.39, 0.29) is 17.9 Å². The number of benzene rings is 2. The number of amides is 1. The average molecular weight is 280 g/mol. The van der Waals surface area contributed by atoms with Crippen molar-refractivity contribution in [3.05, 3.63) is 59.9 Å². The third-order valence-corrected chi connectivity index (χ3v) is 2.52. The molecule has 20 heavy (non-hydrogen) atoms. The predicted molar refractivity (Wildman–Crippen MR) is 69.9 cm³/mol. The Hall–Kier alpha value is -2.50. The van der Waals surface area contributed by atoms with Crippen LogP contribution < -0.4 is 10.6 Å². The molecule has 0 bridgehead atoms. The van der Waals surface area contributed by atoms with Crippen molar-refractivity contribution in [2.75, 3.05) is 17.2 Å². The van der Waals surface area contributed by atoms with Crippen LogP contribution in [-0.2, 0) is 4.79 Å². The van der Waals surface area contributed by atoms with Gasteiger partial charge >= 0.3 is 0 Å². The highest BCUT2D eigenvalue weighted by atomic mass is 19.1. The molecule has 3 nitrogen and oxygen atoms in total. The summed E-state index contributed by atoms with van der Waals surface area (Å²) in [4.78, 5) is 11.6. The van der Waals surface area contributed by atoms with Crippen LogP contribution in [0.2, 0.25) is 0 Å². The maximum absolute atomic E-state index is 13.3. The van der Waals surface area contributed by atoms with E-state index < -0.39 is 23.4 Å². The van der Waals surface area contributed by atoms with Gasteiger partial charge in [0.2, 0.25) is 5.91 Å². The predicted octanol–water partition coefficient (Wildman–Crippen LogP) is 3.15. The number of halogens is 3. The lowest BCUT2D eigenvalue weighted by Gasteiger charge is -2.09. The Kier molecular flexibility index (Phi) is 4.24. The topological polar surface area (TPSA) is 41.1 Å². The normalized spacial score (nSPS) is 10.2. The average Bonchev–Trinajstić information content (AvgIpc) is 2.42. The molecule has 2 rings (SSSR count). The SMILES string of the molecule is O=C(CNc1ccccc1F)Nc1cc(F)ccc1F. The zero-order valence-corrected chi connectivity index (χ0v) is 10.3. The zero-order chi connectivity index (χ0) is 14.5. The van der Waals surface area contributed by atoms with Crippen molar-refractivity contribution in [2.45, 2.75) is 0 Å². The molecule has 2 N–H and O–H groups in total. The van der Waals surface area contributed by atoms with Crippen LogP contribution >= 0.6 is 0 Å². The summed E-state index contributed by atoms with van der Waals surface area (Å²) in [7, 11) is 0. The number of para-hydroxylation sites is 1. The fraction of sp³-hybridized carbons (Fsp3) is 0.0714. The molecular formula is C14H11F3N2O. The van der Waals surface area contributed by atoms with Crippen molar-refractivity contribution in [2.24, 2.45) is 0 Å². The number of carbonyl (C=O) groups excluding carboxylic acids is 1. The van der Waals surface area contributed by atoms with Crippen molar-refractivity contribution >= 4 is 17.3 Å². The van der Waals surface area contributed by atoms with Crippen LogP contribution in [0.3, 0.4) is 0 Å². The van der Waals surface area contributed by atoms with Crippen molar-refractivity contribution in [1.82, 2.24) is 0 Å². The molecule has 1 amide bonds. The second-order valence-corrected chi connectivity index (χ2v) is 4.01. The minimum Gasteiger partial charge on any atom is -0.374 e. The van der Waals surface area contributed by atoms with Crippen LogP contribution in [0.25, 0.3) is 0 Å². The standard InChI is InChI=1S/C14H11F3N2O/c15-9-5-6-11(17)13(7-9)19-14(20)8-18-12-4-2-1-3-10(12)16/h1-7,18H,8H2,(H,19,20). The fourth-order valence-corrected chi connectivity index (χ4v) is 1.57. The van der Waals surface area contributed by atoms with Gasteiger partial charge in [-0.2, -0.15) is 0 Å². The summed E-state index contributed by atoms with van der Waals surface area (Å²) in [6, 6.07) is 8.56. The van der Waals surface area contributed by atoms with Crippen molar-refractivity contribution in [3.63, 3.8) is 0 Å². The highest BCUT2D eigenvalue weighted by Gasteiger charge is 2.09. The van der Waals surface area contributed by atoms with Crippen LogP contribution in [0, 0.1) is 17.5 Å². The maximum atomic E-state index is 13.3. The lowest BCUT2D eigenvalue weighted by Crippen LogP contribution is -2.22. The summed E-state index contributed by atoms with van der Waals surface area (Å²) < 4.78 is 39.5. The molecule has 0 aromatic heterocycles. The number of hydrogen-bond acceptors (Lipinski definition) is 2. The second kappa shape index (κ2) is 6.10. The third-order valence-electron chi connectivity index (χ3n) is 2.52. The zero-order valence-electron chi connectivity index (χ0n) is 10.3. The highest BCUT2D eigenvalue weighted by Crippen LogP contribution is 2.15. The molecule has 0 aliphatic carbocycles. The molecule has 6 heteroatoms. The summed E-state index contributed by atoms with van der Waals surface area (Å²) in [5.74, 6) is -2.52. The smallest absolute Gasteiger partial charge is 0.243 e. The van der Waals surface area contributed by atoms with Gasteiger partial charge in [-0.25, -0.2) is 13.2 Å². The first-order valence-electron chi connectivity index (χ1n) is 5.79. The van der Waals surface area contributed by atoms with Gasteiger partial charge in [0.1, 0.15) is 17.5 Å². The van der Waals surface area contributed by atoms with E-state index in [4.69, 9.17) is 0 Å². The van der Waals surface area contributed by atoms with Crippen molar-refractivity contribution in [1.29, 1.82) is 0 Å². The molecule has 0 saturated carbocycles. The number of carbonyl (C=O) groups is 1. The minimum atomic E-state index is -0.745. The molecule has 0 heterocycles. The van der Waals surface area contributed by atoms with E-state index in [9.17, 15) is 18.0 Å². The highest BCUT2D eigenvalue weighted by molar-refractivity contribution is 5.93. The van der Waals surface area contributed by atoms with Gasteiger partial charge in [0.15, 0.2) is 0 Å². The van der Waals surface area contributed by atoms with Crippen LogP contribution in [0.15, 0.2) is 42.5 Å². The Balaban J connectivity index is 1.96. The number of rotatable bonds is 4. The van der Waals surface area contributed by atoms with Gasteiger partial charge in [-0.15, -0.1) is 0 Å². The maximum Gasteiger partial charge on any atom is 0.243 e. The van der Waals surface area contributed by atoms with Crippen LogP contribution in [-0.4, -0.2) is 12.5 Å². The van der Waals surface area contributed by atoms with Gasteiger partial charge < -0.3 is 10.6 Å². The van der Waals surface area contributed by atoms with Crippen molar-refractivity contribution < 1.29 is 18.0 Å². The van der Waals surface area contributed by atoms with Gasteiger partial charge in [0.25, 0.3) is 0 Å². The largest absolute Gasteiger partial charge is 0.374 e. The summed E-state index contributed by atoms with van der Waals surface area (Å²) in [6.07, 6.45) is 0. The molecule has 0 aliphatic heterocycles. The van der Waals surface area contributed by atoms with E-state index in [1.165, 1.54) is 18.2 Å². The van der Waals surface area contributed by atoms with Gasteiger partial charge in [-0.05, 0) is 24.3 Å². The number of anilines is 2. The molecular weight excluding hydrogens is 269 g/mol. The first-order valence-corrected chi connectivity index (χ1v) is 5.79. The summed E-state index contributed by atoms with van der Waals surface area (Å²) >= 11 is 0. The Labute approximate surface area is 113 Å². The first kappa shape index (κ1) is 13.9.